The van der Waals surface area contributed by atoms with Crippen LogP contribution in [-0.2, 0) is 28.5 Å². The molecular formula is C41H64O14. The molecule has 14 heteroatoms. The van der Waals surface area contributed by atoms with Gasteiger partial charge in [-0.05, 0) is 111 Å². The molecule has 7 rings (SSSR count). The number of hydrogen-bond donors (Lipinski definition) is 8. The molecule has 7 aliphatic rings. The normalized spacial score (nSPS) is 55.2. The quantitative estimate of drug-likeness (QED) is 0.137. The van der Waals surface area contributed by atoms with E-state index in [-0.39, 0.29) is 52.6 Å². The van der Waals surface area contributed by atoms with E-state index in [1.807, 2.05) is 13.8 Å². The number of aliphatic carboxylic acids is 2. The molecule has 6 fully saturated rings. The van der Waals surface area contributed by atoms with Gasteiger partial charge in [0, 0.05) is 5.41 Å². The SMILES string of the molecule is C[C@@]1(C(=O)O)CC[C@]2(C)CC[C@]3(C)C(=CC[C@@H]4[C@@]5(C)CC[C@H](O[C@@H]6O[C@H](C(=O)O)[C@@H](O)[C@H](O)[C@H]6O[C@@H]6OC[C@H](O)[C@H](O)[C@H]6O)[C@](C)(CO)[C@@H]5CC[C@]43C)[C@@H]2C1. The molecule has 0 aromatic heterocycles. The van der Waals surface area contributed by atoms with Gasteiger partial charge in [-0.25, -0.2) is 4.79 Å². The summed E-state index contributed by atoms with van der Waals surface area (Å²) in [5, 5.41) is 84.2. The van der Waals surface area contributed by atoms with Gasteiger partial charge >= 0.3 is 11.9 Å². The zero-order valence-corrected chi connectivity index (χ0v) is 33.1. The van der Waals surface area contributed by atoms with Crippen LogP contribution in [0.25, 0.3) is 0 Å². The fourth-order valence-corrected chi connectivity index (χ4v) is 13.3. The molecule has 312 valence electrons. The van der Waals surface area contributed by atoms with Gasteiger partial charge in [-0.1, -0.05) is 46.3 Å². The van der Waals surface area contributed by atoms with Crippen LogP contribution in [0.2, 0.25) is 0 Å². The molecule has 2 aliphatic heterocycles. The van der Waals surface area contributed by atoms with Gasteiger partial charge in [0.05, 0.1) is 24.7 Å². The lowest BCUT2D eigenvalue weighted by Crippen LogP contribution is -2.67. The Hall–Kier alpha value is -1.72. The van der Waals surface area contributed by atoms with E-state index in [0.717, 1.165) is 44.9 Å². The number of aliphatic hydroxyl groups excluding tert-OH is 6. The molecule has 55 heavy (non-hydrogen) atoms. The van der Waals surface area contributed by atoms with Crippen LogP contribution in [0.15, 0.2) is 11.6 Å². The van der Waals surface area contributed by atoms with Gasteiger partial charge in [-0.15, -0.1) is 0 Å². The summed E-state index contributed by atoms with van der Waals surface area (Å²) in [5.74, 6) is -1.79. The molecule has 2 heterocycles. The lowest BCUT2D eigenvalue weighted by atomic mass is 9.33. The van der Waals surface area contributed by atoms with Crippen LogP contribution < -0.4 is 0 Å². The van der Waals surface area contributed by atoms with Crippen molar-refractivity contribution < 1.29 is 69.4 Å². The molecule has 0 unspecified atom stereocenters. The monoisotopic (exact) mass is 780 g/mol. The van der Waals surface area contributed by atoms with Crippen LogP contribution in [0, 0.1) is 50.2 Å². The average molecular weight is 781 g/mol. The highest BCUT2D eigenvalue weighted by Gasteiger charge is 2.69. The summed E-state index contributed by atoms with van der Waals surface area (Å²) >= 11 is 0. The highest BCUT2D eigenvalue weighted by Crippen LogP contribution is 2.76. The van der Waals surface area contributed by atoms with Crippen molar-refractivity contribution in [3.8, 4) is 0 Å². The first-order valence-electron chi connectivity index (χ1n) is 20.4. The Morgan fingerprint density at radius 1 is 0.800 bits per heavy atom. The molecule has 0 radical (unpaired) electrons. The molecule has 0 amide bonds. The molecule has 19 atom stereocenters. The van der Waals surface area contributed by atoms with E-state index in [1.54, 1.807) is 0 Å². The van der Waals surface area contributed by atoms with E-state index >= 15 is 0 Å². The maximum absolute atomic E-state index is 12.5. The molecule has 14 nitrogen and oxygen atoms in total. The first-order valence-corrected chi connectivity index (χ1v) is 20.4. The maximum Gasteiger partial charge on any atom is 0.335 e. The predicted molar refractivity (Wildman–Crippen MR) is 194 cm³/mol. The van der Waals surface area contributed by atoms with Crippen molar-refractivity contribution in [1.29, 1.82) is 0 Å². The van der Waals surface area contributed by atoms with Gasteiger partial charge in [0.2, 0.25) is 0 Å². The number of aliphatic hydroxyl groups is 6. The molecule has 0 spiro atoms. The molecule has 8 N–H and O–H groups in total. The second-order valence-electron chi connectivity index (χ2n) is 20.0. The summed E-state index contributed by atoms with van der Waals surface area (Å²) in [7, 11) is 0. The Kier molecular flexibility index (Phi) is 10.5. The maximum atomic E-state index is 12.5. The van der Waals surface area contributed by atoms with Crippen molar-refractivity contribution in [3.63, 3.8) is 0 Å². The molecule has 2 saturated heterocycles. The van der Waals surface area contributed by atoms with Gasteiger partial charge in [0.15, 0.2) is 18.7 Å². The van der Waals surface area contributed by atoms with Crippen molar-refractivity contribution in [1.82, 2.24) is 0 Å². The van der Waals surface area contributed by atoms with Crippen LogP contribution in [0.4, 0.5) is 0 Å². The second kappa shape index (κ2) is 13.9. The number of carboxylic acid groups (broad SMARTS) is 2. The van der Waals surface area contributed by atoms with E-state index in [2.05, 4.69) is 33.8 Å². The molecule has 0 aromatic carbocycles. The third kappa shape index (κ3) is 6.09. The Balaban J connectivity index is 1.17. The molecule has 0 aromatic rings. The largest absolute Gasteiger partial charge is 0.481 e. The highest BCUT2D eigenvalue weighted by molar-refractivity contribution is 5.74. The van der Waals surface area contributed by atoms with Gasteiger partial charge in [0.25, 0.3) is 0 Å². The lowest BCUT2D eigenvalue weighted by molar-refractivity contribution is -0.367. The fourth-order valence-electron chi connectivity index (χ4n) is 13.3. The van der Waals surface area contributed by atoms with E-state index in [0.29, 0.717) is 19.3 Å². The number of allylic oxidation sites excluding steroid dienone is 2. The van der Waals surface area contributed by atoms with E-state index in [4.69, 9.17) is 18.9 Å². The minimum absolute atomic E-state index is 0.0203. The number of rotatable bonds is 7. The summed E-state index contributed by atoms with van der Waals surface area (Å²) in [6, 6.07) is 0. The van der Waals surface area contributed by atoms with E-state index in [9.17, 15) is 50.4 Å². The zero-order valence-electron chi connectivity index (χ0n) is 33.1. The Labute approximate surface area is 323 Å². The highest BCUT2D eigenvalue weighted by atomic mass is 16.8. The van der Waals surface area contributed by atoms with Crippen LogP contribution >= 0.6 is 0 Å². The minimum Gasteiger partial charge on any atom is -0.481 e. The lowest BCUT2D eigenvalue weighted by Gasteiger charge is -2.71. The van der Waals surface area contributed by atoms with Gasteiger partial charge < -0.3 is 59.8 Å². The smallest absolute Gasteiger partial charge is 0.335 e. The summed E-state index contributed by atoms with van der Waals surface area (Å²) in [4.78, 5) is 24.6. The molecule has 4 saturated carbocycles. The van der Waals surface area contributed by atoms with E-state index in [1.165, 1.54) is 5.57 Å². The summed E-state index contributed by atoms with van der Waals surface area (Å²) in [6.07, 6.45) is -5.22. The zero-order chi connectivity index (χ0) is 40.3. The Morgan fingerprint density at radius 2 is 1.49 bits per heavy atom. The average Bonchev–Trinajstić information content (AvgIpc) is 3.13. The van der Waals surface area contributed by atoms with Gasteiger partial charge in [-0.2, -0.15) is 0 Å². The number of fused-ring (bicyclic) bond motifs is 7. The molecule has 5 aliphatic carbocycles. The molecule has 0 bridgehead atoms. The summed E-state index contributed by atoms with van der Waals surface area (Å²) < 4.78 is 23.7. The minimum atomic E-state index is -1.93. The number of carbonyl (C=O) groups is 2. The van der Waals surface area contributed by atoms with Crippen molar-refractivity contribution in [2.24, 2.45) is 50.2 Å². The number of carboxylic acids is 2. The van der Waals surface area contributed by atoms with Crippen molar-refractivity contribution >= 4 is 11.9 Å². The number of ether oxygens (including phenoxy) is 4. The standard InChI is InChI=1S/C41H64O14/c1-36-13-14-37(2,35(50)51)17-21(36)20-7-8-24-38(3)11-10-25(39(4,19-42)23(38)9-12-41(24,6)40(20,5)16-15-36)53-34-31(28(46)27(45)30(54-34)32(48)49)55-33-29(47)26(44)22(43)18-52-33/h7,21-31,33-34,42-47H,8-19H2,1-6H3,(H,48,49)(H,50,51)/t21-,22-,23+,24+,25-,26-,27-,28-,29+,30-,31+,33-,34+,36+,37+,38-,39+,40+,41+/m0/s1. The van der Waals surface area contributed by atoms with Crippen molar-refractivity contribution in [3.05, 3.63) is 11.6 Å². The van der Waals surface area contributed by atoms with Crippen LogP contribution in [0.3, 0.4) is 0 Å². The van der Waals surface area contributed by atoms with E-state index < -0.39 is 84.2 Å². The van der Waals surface area contributed by atoms with Gasteiger partial charge in [0.1, 0.15) is 36.6 Å². The Morgan fingerprint density at radius 3 is 2.15 bits per heavy atom. The number of hydrogen-bond acceptors (Lipinski definition) is 12. The van der Waals surface area contributed by atoms with Gasteiger partial charge in [-0.3, -0.25) is 4.79 Å². The van der Waals surface area contributed by atoms with Crippen molar-refractivity contribution in [2.45, 2.75) is 167 Å². The Bertz CT molecular complexity index is 1540. The first-order chi connectivity index (χ1) is 25.6. The predicted octanol–water partition coefficient (Wildman–Crippen LogP) is 2.59. The topological polar surface area (TPSA) is 233 Å². The van der Waals surface area contributed by atoms with Crippen LogP contribution in [-0.4, -0.2) is 127 Å². The summed E-state index contributed by atoms with van der Waals surface area (Å²) in [5.41, 5.74) is -0.493. The van der Waals surface area contributed by atoms with Crippen molar-refractivity contribution in [2.75, 3.05) is 13.2 Å². The molecular weight excluding hydrogens is 716 g/mol. The van der Waals surface area contributed by atoms with Crippen LogP contribution in [0.5, 0.6) is 0 Å². The summed E-state index contributed by atoms with van der Waals surface area (Å²) in [6.45, 7) is 12.8. The second-order valence-corrected chi connectivity index (χ2v) is 20.0. The fraction of sp³-hybridized carbons (Fsp3) is 0.902. The first kappa shape index (κ1) is 41.4. The third-order valence-corrected chi connectivity index (χ3v) is 17.3. The third-order valence-electron chi connectivity index (χ3n) is 17.3. The van der Waals surface area contributed by atoms with Crippen LogP contribution in [0.1, 0.15) is 106 Å².